The fourth-order valence-corrected chi connectivity index (χ4v) is 2.54. The second kappa shape index (κ2) is 7.40. The molecule has 0 bridgehead atoms. The fraction of sp³-hybridized carbons (Fsp3) is 0.533. The van der Waals surface area contributed by atoms with E-state index < -0.39 is 18.3 Å². The van der Waals surface area contributed by atoms with E-state index in [0.29, 0.717) is 24.1 Å². The summed E-state index contributed by atoms with van der Waals surface area (Å²) in [6.45, 7) is 0.278. The van der Waals surface area contributed by atoms with Gasteiger partial charge in [-0.25, -0.2) is 0 Å². The summed E-state index contributed by atoms with van der Waals surface area (Å²) in [6, 6.07) is 4.49. The van der Waals surface area contributed by atoms with Crippen molar-refractivity contribution in [1.29, 1.82) is 0 Å². The zero-order valence-corrected chi connectivity index (χ0v) is 13.5. The van der Waals surface area contributed by atoms with Crippen molar-refractivity contribution >= 4 is 24.0 Å². The number of halogens is 4. The van der Waals surface area contributed by atoms with Crippen LogP contribution in [0.3, 0.4) is 0 Å². The van der Waals surface area contributed by atoms with Crippen LogP contribution < -0.4 is 15.8 Å². The van der Waals surface area contributed by atoms with Crippen LogP contribution in [0.1, 0.15) is 31.2 Å². The third-order valence-corrected chi connectivity index (χ3v) is 3.77. The first-order valence-electron chi connectivity index (χ1n) is 7.10. The highest BCUT2D eigenvalue weighted by atomic mass is 35.5. The highest BCUT2D eigenvalue weighted by Crippen LogP contribution is 2.29. The molecule has 1 aliphatic rings. The topological polar surface area (TPSA) is 64.4 Å². The number of ether oxygens (including phenoxy) is 1. The van der Waals surface area contributed by atoms with Gasteiger partial charge in [0.1, 0.15) is 5.75 Å². The van der Waals surface area contributed by atoms with Gasteiger partial charge < -0.3 is 15.8 Å². The predicted molar refractivity (Wildman–Crippen MR) is 84.0 cm³/mol. The first-order chi connectivity index (χ1) is 10.2. The van der Waals surface area contributed by atoms with E-state index in [-0.39, 0.29) is 24.1 Å². The van der Waals surface area contributed by atoms with E-state index in [2.05, 4.69) is 5.32 Å². The number of aryl methyl sites for hydroxylation is 1. The maximum Gasteiger partial charge on any atom is 0.422 e. The molecule has 0 spiro atoms. The lowest BCUT2D eigenvalue weighted by atomic mass is 9.98. The van der Waals surface area contributed by atoms with Gasteiger partial charge in [0.15, 0.2) is 6.61 Å². The lowest BCUT2D eigenvalue weighted by Gasteiger charge is -2.22. The molecule has 8 heteroatoms. The Morgan fingerprint density at radius 3 is 2.48 bits per heavy atom. The minimum Gasteiger partial charge on any atom is -0.484 e. The average Bonchev–Trinajstić information content (AvgIpc) is 2.85. The maximum absolute atomic E-state index is 12.2. The Balaban J connectivity index is 0.00000264. The zero-order valence-electron chi connectivity index (χ0n) is 12.7. The Hall–Kier alpha value is -1.47. The van der Waals surface area contributed by atoms with E-state index in [1.165, 1.54) is 12.1 Å². The van der Waals surface area contributed by atoms with Gasteiger partial charge >= 0.3 is 6.18 Å². The molecule has 0 unspecified atom stereocenters. The summed E-state index contributed by atoms with van der Waals surface area (Å²) in [5.74, 6) is -0.119. The van der Waals surface area contributed by atoms with Crippen LogP contribution in [0.25, 0.3) is 0 Å². The van der Waals surface area contributed by atoms with Crippen LogP contribution in [0.4, 0.5) is 18.9 Å². The van der Waals surface area contributed by atoms with E-state index in [4.69, 9.17) is 10.5 Å². The van der Waals surface area contributed by atoms with Crippen LogP contribution in [0.5, 0.6) is 5.75 Å². The van der Waals surface area contributed by atoms with Gasteiger partial charge in [0.2, 0.25) is 5.91 Å². The summed E-state index contributed by atoms with van der Waals surface area (Å²) in [5, 5.41) is 2.72. The van der Waals surface area contributed by atoms with Gasteiger partial charge in [-0.05, 0) is 43.5 Å². The summed E-state index contributed by atoms with van der Waals surface area (Å²) in [6.07, 6.45) is -1.25. The summed E-state index contributed by atoms with van der Waals surface area (Å²) in [4.78, 5) is 12.2. The van der Waals surface area contributed by atoms with Crippen LogP contribution in [0, 0.1) is 6.92 Å². The van der Waals surface area contributed by atoms with E-state index >= 15 is 0 Å². The molecule has 0 saturated heterocycles. The van der Waals surface area contributed by atoms with E-state index in [0.717, 1.165) is 12.8 Å². The molecule has 0 radical (unpaired) electrons. The number of rotatable bonds is 4. The molecule has 0 heterocycles. The number of benzene rings is 1. The lowest BCUT2D eigenvalue weighted by molar-refractivity contribution is -0.153. The van der Waals surface area contributed by atoms with Crippen LogP contribution in [0.15, 0.2) is 18.2 Å². The third-order valence-electron chi connectivity index (χ3n) is 3.77. The molecule has 1 fully saturated rings. The summed E-state index contributed by atoms with van der Waals surface area (Å²) in [5.41, 5.74) is 6.22. The van der Waals surface area contributed by atoms with E-state index in [1.807, 2.05) is 0 Å². The van der Waals surface area contributed by atoms with Crippen LogP contribution in [-0.4, -0.2) is 24.2 Å². The van der Waals surface area contributed by atoms with Crippen LogP contribution in [-0.2, 0) is 4.79 Å². The number of hydrogen-bond donors (Lipinski definition) is 2. The molecular formula is C15H20ClF3N2O2. The number of nitrogens with two attached hydrogens (primary N) is 1. The van der Waals surface area contributed by atoms with Crippen molar-refractivity contribution in [1.82, 2.24) is 0 Å². The van der Waals surface area contributed by atoms with Gasteiger partial charge in [0.25, 0.3) is 0 Å². The fourth-order valence-electron chi connectivity index (χ4n) is 2.54. The number of carbonyl (C=O) groups excluding carboxylic acids is 1. The normalized spacial score (nSPS) is 16.6. The molecule has 3 N–H and O–H groups in total. The molecule has 130 valence electrons. The molecule has 0 aromatic heterocycles. The van der Waals surface area contributed by atoms with E-state index in [9.17, 15) is 18.0 Å². The SMILES string of the molecule is Cc1cc(NC(=O)C2(N)CCCC2)ccc1OCC(F)(F)F.Cl. The second-order valence-corrected chi connectivity index (χ2v) is 5.70. The Morgan fingerprint density at radius 2 is 1.96 bits per heavy atom. The quantitative estimate of drug-likeness (QED) is 0.870. The minimum atomic E-state index is -4.38. The molecule has 1 aromatic rings. The number of hydrogen-bond acceptors (Lipinski definition) is 3. The van der Waals surface area contributed by atoms with Crippen molar-refractivity contribution < 1.29 is 22.7 Å². The molecule has 0 aliphatic heterocycles. The van der Waals surface area contributed by atoms with Gasteiger partial charge in [-0.2, -0.15) is 13.2 Å². The second-order valence-electron chi connectivity index (χ2n) is 5.70. The molecule has 4 nitrogen and oxygen atoms in total. The van der Waals surface area contributed by atoms with Gasteiger partial charge in [-0.15, -0.1) is 12.4 Å². The minimum absolute atomic E-state index is 0. The number of carbonyl (C=O) groups is 1. The number of amides is 1. The molecule has 1 saturated carbocycles. The lowest BCUT2D eigenvalue weighted by Crippen LogP contribution is -2.48. The maximum atomic E-state index is 12.2. The predicted octanol–water partition coefficient (Wildman–Crippen LogP) is 3.57. The molecule has 1 amide bonds. The number of alkyl halides is 3. The smallest absolute Gasteiger partial charge is 0.422 e. The highest BCUT2D eigenvalue weighted by Gasteiger charge is 2.37. The first-order valence-corrected chi connectivity index (χ1v) is 7.10. The summed E-state index contributed by atoms with van der Waals surface area (Å²) >= 11 is 0. The zero-order chi connectivity index (χ0) is 16.4. The highest BCUT2D eigenvalue weighted by molar-refractivity contribution is 5.98. The molecule has 2 rings (SSSR count). The van der Waals surface area contributed by atoms with Gasteiger partial charge in [0, 0.05) is 5.69 Å². The molecule has 1 aliphatic carbocycles. The van der Waals surface area contributed by atoms with Gasteiger partial charge in [0.05, 0.1) is 5.54 Å². The molecule has 1 aromatic carbocycles. The average molecular weight is 353 g/mol. The Bertz CT molecular complexity index is 558. The Labute approximate surface area is 139 Å². The molecular weight excluding hydrogens is 333 g/mol. The number of nitrogens with one attached hydrogen (secondary N) is 1. The van der Waals surface area contributed by atoms with Crippen LogP contribution >= 0.6 is 12.4 Å². The first kappa shape index (κ1) is 19.6. The standard InChI is InChI=1S/C15H19F3N2O2.ClH/c1-10-8-11(4-5-12(10)22-9-15(16,17)18)20-13(21)14(19)6-2-3-7-14;/h4-5,8H,2-3,6-7,9,19H2,1H3,(H,20,21);1H. The van der Waals surface area contributed by atoms with Crippen molar-refractivity contribution in [3.63, 3.8) is 0 Å². The van der Waals surface area contributed by atoms with Crippen molar-refractivity contribution in [3.8, 4) is 5.75 Å². The third kappa shape index (κ3) is 5.28. The Kier molecular flexibility index (Phi) is 6.30. The van der Waals surface area contributed by atoms with Crippen molar-refractivity contribution in [2.45, 2.75) is 44.3 Å². The van der Waals surface area contributed by atoms with Gasteiger partial charge in [-0.1, -0.05) is 12.8 Å². The number of anilines is 1. The van der Waals surface area contributed by atoms with Gasteiger partial charge in [-0.3, -0.25) is 4.79 Å². The summed E-state index contributed by atoms with van der Waals surface area (Å²) < 4.78 is 41.1. The van der Waals surface area contributed by atoms with Crippen molar-refractivity contribution in [2.75, 3.05) is 11.9 Å². The Morgan fingerprint density at radius 1 is 1.35 bits per heavy atom. The van der Waals surface area contributed by atoms with Crippen molar-refractivity contribution in [3.05, 3.63) is 23.8 Å². The van der Waals surface area contributed by atoms with E-state index in [1.54, 1.807) is 13.0 Å². The van der Waals surface area contributed by atoms with Crippen molar-refractivity contribution in [2.24, 2.45) is 5.73 Å². The molecule has 23 heavy (non-hydrogen) atoms. The largest absolute Gasteiger partial charge is 0.484 e. The molecule has 0 atom stereocenters. The van der Waals surface area contributed by atoms with Crippen LogP contribution in [0.2, 0.25) is 0 Å². The monoisotopic (exact) mass is 352 g/mol. The summed E-state index contributed by atoms with van der Waals surface area (Å²) in [7, 11) is 0.